The zero-order valence-electron chi connectivity index (χ0n) is 8.93. The number of hydrogen-bond donors (Lipinski definition) is 2. The van der Waals surface area contributed by atoms with Crippen LogP contribution in [0.25, 0.3) is 0 Å². The van der Waals surface area contributed by atoms with Gasteiger partial charge in [0.05, 0.1) is 11.1 Å². The summed E-state index contributed by atoms with van der Waals surface area (Å²) >= 11 is 0. The van der Waals surface area contributed by atoms with E-state index in [1.54, 1.807) is 0 Å². The molecule has 2 N–H and O–H groups in total. The van der Waals surface area contributed by atoms with Gasteiger partial charge in [-0.2, -0.15) is 21.6 Å². The van der Waals surface area contributed by atoms with Crippen molar-refractivity contribution >= 4 is 21.9 Å². The molecule has 19 heavy (non-hydrogen) atoms. The first-order chi connectivity index (χ1) is 8.56. The smallest absolute Gasteiger partial charge is 0.478 e. The van der Waals surface area contributed by atoms with Crippen LogP contribution in [0.15, 0.2) is 24.3 Å². The molecule has 10 heteroatoms. The number of sulfonamides is 1. The van der Waals surface area contributed by atoms with Crippen LogP contribution in [0.3, 0.4) is 0 Å². The fraction of sp³-hybridized carbons (Fsp3) is 0.111. The van der Waals surface area contributed by atoms with Crippen molar-refractivity contribution in [3.8, 4) is 0 Å². The van der Waals surface area contributed by atoms with Gasteiger partial charge in [0.25, 0.3) is 5.91 Å². The summed E-state index contributed by atoms with van der Waals surface area (Å²) in [5.41, 5.74) is -6.97. The van der Waals surface area contributed by atoms with Gasteiger partial charge in [0.1, 0.15) is 0 Å². The zero-order chi connectivity index (χ0) is 14.8. The molecule has 0 spiro atoms. The summed E-state index contributed by atoms with van der Waals surface area (Å²) in [6.07, 6.45) is 0. The van der Waals surface area contributed by atoms with Gasteiger partial charge in [-0.15, -0.1) is 0 Å². The van der Waals surface area contributed by atoms with Gasteiger partial charge >= 0.3 is 21.5 Å². The largest absolute Gasteiger partial charge is 0.516 e. The molecule has 0 aliphatic rings. The normalized spacial score (nSPS) is 11.9. The highest BCUT2D eigenvalue weighted by Gasteiger charge is 2.47. The molecular formula is C9H6F3NO5S. The molecule has 1 rings (SSSR count). The molecule has 0 aromatic heterocycles. The van der Waals surface area contributed by atoms with Crippen molar-refractivity contribution in [3.05, 3.63) is 35.4 Å². The van der Waals surface area contributed by atoms with E-state index in [-0.39, 0.29) is 0 Å². The number of alkyl halides is 3. The molecule has 0 atom stereocenters. The van der Waals surface area contributed by atoms with Gasteiger partial charge in [0.15, 0.2) is 0 Å². The van der Waals surface area contributed by atoms with Gasteiger partial charge in [0.2, 0.25) is 0 Å². The van der Waals surface area contributed by atoms with Crippen molar-refractivity contribution in [1.29, 1.82) is 0 Å². The maximum Gasteiger partial charge on any atom is 0.516 e. The van der Waals surface area contributed by atoms with E-state index < -0.39 is 38.5 Å². The van der Waals surface area contributed by atoms with E-state index >= 15 is 0 Å². The van der Waals surface area contributed by atoms with E-state index in [2.05, 4.69) is 0 Å². The maximum absolute atomic E-state index is 12.0. The Morgan fingerprint density at radius 3 is 2.00 bits per heavy atom. The molecule has 0 aliphatic heterocycles. The van der Waals surface area contributed by atoms with Gasteiger partial charge < -0.3 is 5.11 Å². The van der Waals surface area contributed by atoms with Crippen molar-refractivity contribution in [1.82, 2.24) is 4.72 Å². The number of nitrogens with one attached hydrogen (secondary N) is 1. The minimum atomic E-state index is -5.88. The van der Waals surface area contributed by atoms with Gasteiger partial charge in [-0.05, 0) is 12.1 Å². The minimum absolute atomic E-state index is 0.614. The summed E-state index contributed by atoms with van der Waals surface area (Å²) in [4.78, 5) is 22.1. The van der Waals surface area contributed by atoms with Crippen molar-refractivity contribution in [2.45, 2.75) is 5.51 Å². The maximum atomic E-state index is 12.0. The van der Waals surface area contributed by atoms with E-state index in [1.165, 1.54) is 12.1 Å². The van der Waals surface area contributed by atoms with Crippen LogP contribution >= 0.6 is 0 Å². The third-order valence-electron chi connectivity index (χ3n) is 1.93. The van der Waals surface area contributed by atoms with Crippen molar-refractivity contribution in [3.63, 3.8) is 0 Å². The van der Waals surface area contributed by atoms with Crippen LogP contribution in [-0.2, 0) is 10.0 Å². The Morgan fingerprint density at radius 2 is 1.58 bits per heavy atom. The minimum Gasteiger partial charge on any atom is -0.478 e. The second-order valence-corrected chi connectivity index (χ2v) is 4.91. The number of carbonyl (C=O) groups is 2. The van der Waals surface area contributed by atoms with Gasteiger partial charge in [-0.1, -0.05) is 12.1 Å². The SMILES string of the molecule is O=C(O)c1ccccc1C(=O)NS(=O)(=O)C(F)(F)F. The Labute approximate surface area is 104 Å². The molecule has 0 heterocycles. The topological polar surface area (TPSA) is 101 Å². The lowest BCUT2D eigenvalue weighted by molar-refractivity contribution is -0.0446. The average Bonchev–Trinajstić information content (AvgIpc) is 2.26. The standard InChI is InChI=1S/C9H6F3NO5S/c10-9(11,12)19(17,18)13-7(14)5-3-1-2-4-6(5)8(15)16/h1-4H,(H,13,14)(H,15,16). The Morgan fingerprint density at radius 1 is 1.11 bits per heavy atom. The number of carbonyl (C=O) groups excluding carboxylic acids is 1. The fourth-order valence-electron chi connectivity index (χ4n) is 1.10. The van der Waals surface area contributed by atoms with E-state index in [9.17, 15) is 31.2 Å². The van der Waals surface area contributed by atoms with Crippen LogP contribution in [0.2, 0.25) is 0 Å². The Kier molecular flexibility index (Phi) is 3.84. The van der Waals surface area contributed by atoms with Crippen LogP contribution < -0.4 is 4.72 Å². The first kappa shape index (κ1) is 15.0. The molecule has 0 unspecified atom stereocenters. The number of aromatic carboxylic acids is 1. The molecule has 0 saturated heterocycles. The number of hydrogen-bond acceptors (Lipinski definition) is 4. The third-order valence-corrected chi connectivity index (χ3v) is 3.00. The van der Waals surface area contributed by atoms with E-state index in [4.69, 9.17) is 5.11 Å². The lowest BCUT2D eigenvalue weighted by atomic mass is 10.1. The molecule has 1 aromatic carbocycles. The summed E-state index contributed by atoms with van der Waals surface area (Å²) in [7, 11) is -5.88. The number of rotatable bonds is 3. The molecule has 0 fully saturated rings. The molecular weight excluding hydrogens is 291 g/mol. The molecule has 104 valence electrons. The zero-order valence-corrected chi connectivity index (χ0v) is 9.75. The summed E-state index contributed by atoms with van der Waals surface area (Å²) in [6.45, 7) is 0. The molecule has 0 aliphatic carbocycles. The second-order valence-electron chi connectivity index (χ2n) is 3.23. The summed E-state index contributed by atoms with van der Waals surface area (Å²) < 4.78 is 58.3. The number of halogens is 3. The number of carboxylic acid groups (broad SMARTS) is 1. The molecule has 1 amide bonds. The summed E-state index contributed by atoms with van der Waals surface area (Å²) in [5.74, 6) is -3.24. The van der Waals surface area contributed by atoms with Crippen molar-refractivity contribution in [2.75, 3.05) is 0 Å². The van der Waals surface area contributed by atoms with Crippen LogP contribution in [-0.4, -0.2) is 30.9 Å². The predicted molar refractivity (Wildman–Crippen MR) is 55.8 cm³/mol. The highest BCUT2D eigenvalue weighted by Crippen LogP contribution is 2.22. The van der Waals surface area contributed by atoms with Crippen LogP contribution in [0.4, 0.5) is 13.2 Å². The van der Waals surface area contributed by atoms with E-state index in [1.807, 2.05) is 0 Å². The lowest BCUT2D eigenvalue weighted by Crippen LogP contribution is -2.40. The van der Waals surface area contributed by atoms with E-state index in [0.29, 0.717) is 0 Å². The Bertz CT molecular complexity index is 623. The second kappa shape index (κ2) is 4.88. The Hall–Kier alpha value is -2.10. The molecule has 1 aromatic rings. The first-order valence-electron chi connectivity index (χ1n) is 4.52. The molecule has 0 saturated carbocycles. The van der Waals surface area contributed by atoms with Gasteiger partial charge in [0, 0.05) is 0 Å². The monoisotopic (exact) mass is 297 g/mol. The lowest BCUT2D eigenvalue weighted by Gasteiger charge is -2.10. The van der Waals surface area contributed by atoms with E-state index in [0.717, 1.165) is 16.9 Å². The molecule has 0 radical (unpaired) electrons. The third kappa shape index (κ3) is 3.22. The average molecular weight is 297 g/mol. The highest BCUT2D eigenvalue weighted by molar-refractivity contribution is 7.90. The summed E-state index contributed by atoms with van der Waals surface area (Å²) in [6, 6.07) is 4.27. The molecule has 0 bridgehead atoms. The van der Waals surface area contributed by atoms with Gasteiger partial charge in [-0.3, -0.25) is 4.79 Å². The predicted octanol–water partition coefficient (Wildman–Crippen LogP) is 0.964. The first-order valence-corrected chi connectivity index (χ1v) is 6.00. The fourth-order valence-corrected chi connectivity index (χ4v) is 1.57. The van der Waals surface area contributed by atoms with Crippen LogP contribution in [0.1, 0.15) is 20.7 Å². The number of benzene rings is 1. The van der Waals surface area contributed by atoms with Crippen molar-refractivity contribution in [2.24, 2.45) is 0 Å². The molecule has 6 nitrogen and oxygen atoms in total. The highest BCUT2D eigenvalue weighted by atomic mass is 32.2. The quantitative estimate of drug-likeness (QED) is 0.865. The Balaban J connectivity index is 3.14. The number of amides is 1. The van der Waals surface area contributed by atoms with Crippen molar-refractivity contribution < 1.29 is 36.3 Å². The van der Waals surface area contributed by atoms with Crippen LogP contribution in [0, 0.1) is 0 Å². The number of carboxylic acids is 1. The summed E-state index contributed by atoms with van der Waals surface area (Å²) in [5, 5.41) is 8.72. The van der Waals surface area contributed by atoms with Gasteiger partial charge in [-0.25, -0.2) is 9.52 Å². The van der Waals surface area contributed by atoms with Crippen LogP contribution in [0.5, 0.6) is 0 Å².